The highest BCUT2D eigenvalue weighted by molar-refractivity contribution is 6.32. The number of hydrogen-bond donors (Lipinski definition) is 1. The van der Waals surface area contributed by atoms with Crippen LogP contribution in [0, 0.1) is 11.7 Å². The van der Waals surface area contributed by atoms with Crippen molar-refractivity contribution in [3.63, 3.8) is 0 Å². The molecule has 1 aromatic rings. The van der Waals surface area contributed by atoms with Crippen LogP contribution in [0.5, 0.6) is 5.75 Å². The smallest absolute Gasteiger partial charge is 0.303 e. The zero-order chi connectivity index (χ0) is 13.3. The Morgan fingerprint density at radius 3 is 2.78 bits per heavy atom. The molecule has 1 fully saturated rings. The largest absolute Gasteiger partial charge is 0.495 e. The van der Waals surface area contributed by atoms with Crippen molar-refractivity contribution >= 4 is 17.6 Å². The van der Waals surface area contributed by atoms with Crippen molar-refractivity contribution in [2.24, 2.45) is 5.92 Å². The van der Waals surface area contributed by atoms with Gasteiger partial charge >= 0.3 is 5.97 Å². The molecular weight excluding hydrogens is 259 g/mol. The third-order valence-electron chi connectivity index (χ3n) is 3.25. The Labute approximate surface area is 110 Å². The molecule has 0 heterocycles. The second kappa shape index (κ2) is 5.14. The van der Waals surface area contributed by atoms with Gasteiger partial charge in [-0.1, -0.05) is 11.6 Å². The molecule has 18 heavy (non-hydrogen) atoms. The number of carboxylic acid groups (broad SMARTS) is 1. The molecule has 5 heteroatoms. The molecule has 1 unspecified atom stereocenters. The lowest BCUT2D eigenvalue weighted by Crippen LogP contribution is -2.09. The van der Waals surface area contributed by atoms with Gasteiger partial charge in [0, 0.05) is 0 Å². The highest BCUT2D eigenvalue weighted by atomic mass is 35.5. The summed E-state index contributed by atoms with van der Waals surface area (Å²) in [5, 5.41) is 8.86. The summed E-state index contributed by atoms with van der Waals surface area (Å²) in [7, 11) is 1.41. The van der Waals surface area contributed by atoms with Gasteiger partial charge in [0.15, 0.2) is 0 Å². The molecule has 1 atom stereocenters. The van der Waals surface area contributed by atoms with Gasteiger partial charge in [-0.05, 0) is 42.4 Å². The normalized spacial score (nSPS) is 16.4. The summed E-state index contributed by atoms with van der Waals surface area (Å²) >= 11 is 5.75. The van der Waals surface area contributed by atoms with Gasteiger partial charge in [-0.25, -0.2) is 4.39 Å². The van der Waals surface area contributed by atoms with Crippen molar-refractivity contribution in [2.45, 2.75) is 25.2 Å². The number of hydrogen-bond acceptors (Lipinski definition) is 2. The van der Waals surface area contributed by atoms with E-state index in [1.54, 1.807) is 6.07 Å². The lowest BCUT2D eigenvalue weighted by Gasteiger charge is -2.16. The van der Waals surface area contributed by atoms with Crippen molar-refractivity contribution in [1.82, 2.24) is 0 Å². The predicted molar refractivity (Wildman–Crippen MR) is 65.7 cm³/mol. The van der Waals surface area contributed by atoms with Crippen LogP contribution < -0.4 is 4.74 Å². The molecule has 0 aromatic heterocycles. The van der Waals surface area contributed by atoms with Gasteiger partial charge in [0.25, 0.3) is 0 Å². The minimum atomic E-state index is -0.874. The number of aliphatic carboxylic acids is 1. The van der Waals surface area contributed by atoms with Crippen LogP contribution in [0.3, 0.4) is 0 Å². The average molecular weight is 273 g/mol. The van der Waals surface area contributed by atoms with Crippen LogP contribution in [-0.4, -0.2) is 18.2 Å². The minimum Gasteiger partial charge on any atom is -0.495 e. The first kappa shape index (κ1) is 13.1. The summed E-state index contributed by atoms with van der Waals surface area (Å²) in [6.07, 6.45) is 1.99. The number of methoxy groups -OCH3 is 1. The average Bonchev–Trinajstić information content (AvgIpc) is 3.13. The van der Waals surface area contributed by atoms with E-state index in [2.05, 4.69) is 0 Å². The highest BCUT2D eigenvalue weighted by Gasteiger charge is 2.34. The summed E-state index contributed by atoms with van der Waals surface area (Å²) in [6, 6.07) is 2.95. The van der Waals surface area contributed by atoms with E-state index in [1.165, 1.54) is 13.2 Å². The molecule has 3 nitrogen and oxygen atoms in total. The van der Waals surface area contributed by atoms with Gasteiger partial charge in [-0.2, -0.15) is 0 Å². The van der Waals surface area contributed by atoms with Gasteiger partial charge in [0.1, 0.15) is 16.6 Å². The monoisotopic (exact) mass is 272 g/mol. The molecule has 2 rings (SSSR count). The van der Waals surface area contributed by atoms with Crippen molar-refractivity contribution in [3.05, 3.63) is 28.5 Å². The number of halogens is 2. The molecule has 0 amide bonds. The fraction of sp³-hybridized carbons (Fsp3) is 0.462. The fourth-order valence-electron chi connectivity index (χ4n) is 2.19. The van der Waals surface area contributed by atoms with Gasteiger partial charge in [0.05, 0.1) is 13.5 Å². The Hall–Kier alpha value is -1.29. The number of carboxylic acids is 1. The zero-order valence-electron chi connectivity index (χ0n) is 9.95. The summed E-state index contributed by atoms with van der Waals surface area (Å²) in [4.78, 5) is 10.9. The van der Waals surface area contributed by atoms with Crippen LogP contribution in [0.25, 0.3) is 0 Å². The Kier molecular flexibility index (Phi) is 3.76. The third-order valence-corrected chi connectivity index (χ3v) is 3.62. The molecule has 1 saturated carbocycles. The Bertz CT molecular complexity index is 472. The molecule has 0 saturated heterocycles. The quantitative estimate of drug-likeness (QED) is 0.893. The molecule has 0 aliphatic heterocycles. The second-order valence-corrected chi connectivity index (χ2v) is 4.94. The van der Waals surface area contributed by atoms with Crippen molar-refractivity contribution in [1.29, 1.82) is 0 Å². The van der Waals surface area contributed by atoms with Crippen LogP contribution in [0.1, 0.15) is 30.7 Å². The SMILES string of the molecule is COc1cc(C(CC(=O)O)C2CC2)cc(F)c1Cl. The molecular formula is C13H14ClFO3. The standard InChI is InChI=1S/C13H14ClFO3/c1-18-11-5-8(4-10(15)13(11)14)9(6-12(16)17)7-2-3-7/h4-5,7,9H,2-3,6H2,1H3,(H,16,17). The van der Waals surface area contributed by atoms with Crippen LogP contribution in [0.2, 0.25) is 5.02 Å². The maximum absolute atomic E-state index is 13.6. The van der Waals surface area contributed by atoms with Crippen LogP contribution in [0.15, 0.2) is 12.1 Å². The first-order valence-electron chi connectivity index (χ1n) is 5.77. The molecule has 1 aromatic carbocycles. The van der Waals surface area contributed by atoms with E-state index >= 15 is 0 Å². The molecule has 0 spiro atoms. The first-order valence-corrected chi connectivity index (χ1v) is 6.15. The van der Waals surface area contributed by atoms with Crippen LogP contribution in [0.4, 0.5) is 4.39 Å². The maximum atomic E-state index is 13.6. The molecule has 0 bridgehead atoms. The van der Waals surface area contributed by atoms with Gasteiger partial charge in [-0.15, -0.1) is 0 Å². The number of carbonyl (C=O) groups is 1. The van der Waals surface area contributed by atoms with Crippen LogP contribution >= 0.6 is 11.6 Å². The molecule has 1 N–H and O–H groups in total. The molecule has 0 radical (unpaired) electrons. The fourth-order valence-corrected chi connectivity index (χ4v) is 2.38. The van der Waals surface area contributed by atoms with Gasteiger partial charge in [-0.3, -0.25) is 4.79 Å². The maximum Gasteiger partial charge on any atom is 0.303 e. The third kappa shape index (κ3) is 2.75. The second-order valence-electron chi connectivity index (χ2n) is 4.56. The summed E-state index contributed by atoms with van der Waals surface area (Å²) in [6.45, 7) is 0. The predicted octanol–water partition coefficient (Wildman–Crippen LogP) is 3.46. The minimum absolute atomic E-state index is 0.00882. The van der Waals surface area contributed by atoms with E-state index < -0.39 is 11.8 Å². The van der Waals surface area contributed by atoms with Gasteiger partial charge in [0.2, 0.25) is 0 Å². The Morgan fingerprint density at radius 2 is 2.28 bits per heavy atom. The number of rotatable bonds is 5. The Balaban J connectivity index is 2.35. The molecule has 1 aliphatic carbocycles. The first-order chi connectivity index (χ1) is 8.52. The van der Waals surface area contributed by atoms with Crippen molar-refractivity contribution < 1.29 is 19.0 Å². The lowest BCUT2D eigenvalue weighted by molar-refractivity contribution is -0.137. The Morgan fingerprint density at radius 1 is 1.61 bits per heavy atom. The van der Waals surface area contributed by atoms with Crippen molar-refractivity contribution in [3.8, 4) is 5.75 Å². The summed E-state index contributed by atoms with van der Waals surface area (Å²) < 4.78 is 18.7. The number of ether oxygens (including phenoxy) is 1. The zero-order valence-corrected chi connectivity index (χ0v) is 10.7. The van der Waals surface area contributed by atoms with E-state index in [-0.39, 0.29) is 23.1 Å². The molecule has 1 aliphatic rings. The number of benzene rings is 1. The van der Waals surface area contributed by atoms with Crippen molar-refractivity contribution in [2.75, 3.05) is 7.11 Å². The van der Waals surface area contributed by atoms with Gasteiger partial charge < -0.3 is 9.84 Å². The van der Waals surface area contributed by atoms with E-state index in [4.69, 9.17) is 21.4 Å². The lowest BCUT2D eigenvalue weighted by atomic mass is 9.91. The topological polar surface area (TPSA) is 46.5 Å². The van der Waals surface area contributed by atoms with E-state index in [0.29, 0.717) is 11.5 Å². The van der Waals surface area contributed by atoms with E-state index in [0.717, 1.165) is 12.8 Å². The summed E-state index contributed by atoms with van der Waals surface area (Å²) in [5.74, 6) is -1.03. The highest BCUT2D eigenvalue weighted by Crippen LogP contribution is 2.46. The van der Waals surface area contributed by atoms with E-state index in [9.17, 15) is 9.18 Å². The van der Waals surface area contributed by atoms with E-state index in [1.807, 2.05) is 0 Å². The molecule has 98 valence electrons. The van der Waals surface area contributed by atoms with Crippen LogP contribution in [-0.2, 0) is 4.79 Å². The summed E-state index contributed by atoms with van der Waals surface area (Å²) in [5.41, 5.74) is 0.652.